The van der Waals surface area contributed by atoms with E-state index < -0.39 is 5.97 Å². The largest absolute Gasteiger partial charge is 0.456 e. The Bertz CT molecular complexity index is 714. The highest BCUT2D eigenvalue weighted by Gasteiger charge is 2.15. The van der Waals surface area contributed by atoms with Crippen LogP contribution in [0.4, 0.5) is 0 Å². The molecule has 4 nitrogen and oxygen atoms in total. The van der Waals surface area contributed by atoms with E-state index in [0.29, 0.717) is 12.0 Å². The van der Waals surface area contributed by atoms with Crippen molar-refractivity contribution in [3.05, 3.63) is 77.9 Å². The summed E-state index contributed by atoms with van der Waals surface area (Å²) in [6, 6.07) is 10.2. The summed E-state index contributed by atoms with van der Waals surface area (Å²) in [5, 5.41) is 0. The summed E-state index contributed by atoms with van der Waals surface area (Å²) in [7, 11) is 1.98. The highest BCUT2D eigenvalue weighted by Crippen LogP contribution is 2.17. The third-order valence-electron chi connectivity index (χ3n) is 3.62. The predicted octanol–water partition coefficient (Wildman–Crippen LogP) is 3.36. The Morgan fingerprint density at radius 1 is 1.35 bits per heavy atom. The molecular weight excluding hydrogens is 288 g/mol. The molecule has 0 saturated carbocycles. The molecule has 0 amide bonds. The number of aromatic nitrogens is 2. The van der Waals surface area contributed by atoms with Crippen molar-refractivity contribution in [1.29, 1.82) is 0 Å². The number of hydrogen-bond donors (Lipinski definition) is 0. The van der Waals surface area contributed by atoms with E-state index in [1.807, 2.05) is 31.3 Å². The fraction of sp³-hybridized carbons (Fsp3) is 0.263. The second-order valence-electron chi connectivity index (χ2n) is 5.49. The predicted molar refractivity (Wildman–Crippen MR) is 91.0 cm³/mol. The Hall–Kier alpha value is -2.62. The van der Waals surface area contributed by atoms with Gasteiger partial charge in [-0.15, -0.1) is 6.58 Å². The first-order valence-corrected chi connectivity index (χ1v) is 7.53. The van der Waals surface area contributed by atoms with Crippen molar-refractivity contribution < 1.29 is 9.53 Å². The third-order valence-corrected chi connectivity index (χ3v) is 3.62. The van der Waals surface area contributed by atoms with Gasteiger partial charge < -0.3 is 9.30 Å². The van der Waals surface area contributed by atoms with Crippen LogP contribution < -0.4 is 0 Å². The smallest absolute Gasteiger partial charge is 0.333 e. The van der Waals surface area contributed by atoms with E-state index in [-0.39, 0.29) is 6.61 Å². The third kappa shape index (κ3) is 4.19. The van der Waals surface area contributed by atoms with Crippen molar-refractivity contribution >= 4 is 5.97 Å². The van der Waals surface area contributed by atoms with Gasteiger partial charge >= 0.3 is 5.97 Å². The molecule has 1 heterocycles. The molecule has 0 radical (unpaired) electrons. The van der Waals surface area contributed by atoms with Crippen LogP contribution in [-0.4, -0.2) is 15.5 Å². The lowest BCUT2D eigenvalue weighted by atomic mass is 10.1. The number of carbonyl (C=O) groups is 1. The van der Waals surface area contributed by atoms with Gasteiger partial charge in [-0.05, 0) is 12.5 Å². The van der Waals surface area contributed by atoms with Crippen LogP contribution in [0.15, 0.2) is 55.1 Å². The van der Waals surface area contributed by atoms with Crippen molar-refractivity contribution in [3.8, 4) is 0 Å². The zero-order valence-corrected chi connectivity index (χ0v) is 13.7. The van der Waals surface area contributed by atoms with Crippen molar-refractivity contribution in [3.63, 3.8) is 0 Å². The number of hydrogen-bond acceptors (Lipinski definition) is 3. The van der Waals surface area contributed by atoms with Crippen molar-refractivity contribution in [2.45, 2.75) is 26.4 Å². The van der Waals surface area contributed by atoms with E-state index in [1.165, 1.54) is 5.56 Å². The summed E-state index contributed by atoms with van der Waals surface area (Å²) in [6.45, 7) is 9.16. The van der Waals surface area contributed by atoms with Crippen molar-refractivity contribution in [1.82, 2.24) is 9.55 Å². The van der Waals surface area contributed by atoms with Crippen LogP contribution in [-0.2, 0) is 36.0 Å². The minimum atomic E-state index is -0.398. The average molecular weight is 310 g/mol. The van der Waals surface area contributed by atoms with Gasteiger partial charge in [-0.3, -0.25) is 0 Å². The Balaban J connectivity index is 2.23. The lowest BCUT2D eigenvalue weighted by Crippen LogP contribution is -2.07. The summed E-state index contributed by atoms with van der Waals surface area (Å²) in [5.41, 5.74) is 3.36. The van der Waals surface area contributed by atoms with Crippen LogP contribution in [0.3, 0.4) is 0 Å². The average Bonchev–Trinajstić information content (AvgIpc) is 2.83. The van der Waals surface area contributed by atoms with Gasteiger partial charge in [-0.1, -0.05) is 43.0 Å². The Labute approximate surface area is 137 Å². The normalized spacial score (nSPS) is 10.3. The van der Waals surface area contributed by atoms with Gasteiger partial charge in [0.05, 0.1) is 5.69 Å². The van der Waals surface area contributed by atoms with Gasteiger partial charge in [-0.2, -0.15) is 0 Å². The number of imidazole rings is 1. The lowest BCUT2D eigenvalue weighted by Gasteiger charge is -2.06. The number of esters is 1. The summed E-state index contributed by atoms with van der Waals surface area (Å²) < 4.78 is 7.30. The van der Waals surface area contributed by atoms with Crippen LogP contribution in [0, 0.1) is 0 Å². The summed E-state index contributed by atoms with van der Waals surface area (Å²) in [5.74, 6) is 0.541. The molecule has 0 unspecified atom stereocenters. The Morgan fingerprint density at radius 2 is 2.04 bits per heavy atom. The van der Waals surface area contributed by atoms with E-state index in [2.05, 4.69) is 34.8 Å². The summed E-state index contributed by atoms with van der Waals surface area (Å²) in [4.78, 5) is 16.3. The maximum atomic E-state index is 11.6. The molecule has 0 aliphatic carbocycles. The first kappa shape index (κ1) is 16.7. The molecule has 4 heteroatoms. The SMILES string of the molecule is C=CCc1c(COC(=O)C(=C)C)nc(Cc2ccccc2)n1C. The minimum Gasteiger partial charge on any atom is -0.456 e. The molecule has 0 atom stereocenters. The van der Waals surface area contributed by atoms with Gasteiger partial charge in [-0.25, -0.2) is 9.78 Å². The van der Waals surface area contributed by atoms with Gasteiger partial charge in [0, 0.05) is 31.2 Å². The minimum absolute atomic E-state index is 0.150. The number of ether oxygens (including phenoxy) is 1. The molecule has 23 heavy (non-hydrogen) atoms. The van der Waals surface area contributed by atoms with Gasteiger partial charge in [0.15, 0.2) is 0 Å². The van der Waals surface area contributed by atoms with E-state index in [0.717, 1.165) is 23.6 Å². The van der Waals surface area contributed by atoms with Gasteiger partial charge in [0.2, 0.25) is 0 Å². The monoisotopic (exact) mass is 310 g/mol. The molecule has 2 aromatic rings. The summed E-state index contributed by atoms with van der Waals surface area (Å²) in [6.07, 6.45) is 3.24. The van der Waals surface area contributed by atoms with Crippen LogP contribution >= 0.6 is 0 Å². The zero-order chi connectivity index (χ0) is 16.8. The fourth-order valence-corrected chi connectivity index (χ4v) is 2.35. The Kier molecular flexibility index (Phi) is 5.52. The number of allylic oxidation sites excluding steroid dienone is 1. The lowest BCUT2D eigenvalue weighted by molar-refractivity contribution is -0.140. The highest BCUT2D eigenvalue weighted by atomic mass is 16.5. The molecular formula is C19H22N2O2. The molecule has 1 aromatic heterocycles. The first-order chi connectivity index (χ1) is 11.0. The fourth-order valence-electron chi connectivity index (χ4n) is 2.35. The maximum absolute atomic E-state index is 11.6. The molecule has 0 bridgehead atoms. The van der Waals surface area contributed by atoms with Crippen LogP contribution in [0.25, 0.3) is 0 Å². The van der Waals surface area contributed by atoms with Crippen LogP contribution in [0.1, 0.15) is 29.7 Å². The molecule has 1 aromatic carbocycles. The molecule has 2 rings (SSSR count). The molecule has 0 aliphatic heterocycles. The zero-order valence-electron chi connectivity index (χ0n) is 13.7. The molecule has 0 aliphatic rings. The Morgan fingerprint density at radius 3 is 2.65 bits per heavy atom. The second kappa shape index (κ2) is 7.58. The standard InChI is InChI=1S/C19H22N2O2/c1-5-9-17-16(13-23-19(22)14(2)3)20-18(21(17)4)12-15-10-7-6-8-11-15/h5-8,10-11H,1-2,9,12-13H2,3-4H3. The van der Waals surface area contributed by atoms with Crippen molar-refractivity contribution in [2.75, 3.05) is 0 Å². The number of carbonyl (C=O) groups excluding carboxylic acids is 1. The topological polar surface area (TPSA) is 44.1 Å². The maximum Gasteiger partial charge on any atom is 0.333 e. The van der Waals surface area contributed by atoms with E-state index >= 15 is 0 Å². The number of nitrogens with zero attached hydrogens (tertiary/aromatic N) is 2. The van der Waals surface area contributed by atoms with Gasteiger partial charge in [0.25, 0.3) is 0 Å². The second-order valence-corrected chi connectivity index (χ2v) is 5.49. The van der Waals surface area contributed by atoms with Crippen LogP contribution in [0.5, 0.6) is 0 Å². The molecule has 0 spiro atoms. The molecule has 0 fully saturated rings. The van der Waals surface area contributed by atoms with E-state index in [4.69, 9.17) is 4.74 Å². The van der Waals surface area contributed by atoms with E-state index in [9.17, 15) is 4.79 Å². The first-order valence-electron chi connectivity index (χ1n) is 7.53. The number of rotatable bonds is 7. The molecule has 120 valence electrons. The quantitative estimate of drug-likeness (QED) is 0.447. The molecule has 0 N–H and O–H groups in total. The summed E-state index contributed by atoms with van der Waals surface area (Å²) >= 11 is 0. The van der Waals surface area contributed by atoms with Gasteiger partial charge in [0.1, 0.15) is 12.4 Å². The number of benzene rings is 1. The highest BCUT2D eigenvalue weighted by molar-refractivity contribution is 5.86. The van der Waals surface area contributed by atoms with E-state index in [1.54, 1.807) is 6.92 Å². The van der Waals surface area contributed by atoms with Crippen molar-refractivity contribution in [2.24, 2.45) is 7.05 Å². The molecule has 0 saturated heterocycles. The van der Waals surface area contributed by atoms with Crippen LogP contribution in [0.2, 0.25) is 0 Å².